The standard InChI is InChI=1S/C10H14N4S/c1(10-2-6-15-7-10)3-11-4-5-14-9-12-8-13-14/h2,6-9,11H,1,3-5H2. The summed E-state index contributed by atoms with van der Waals surface area (Å²) in [7, 11) is 0. The van der Waals surface area contributed by atoms with Crippen LogP contribution in [0.5, 0.6) is 0 Å². The molecule has 0 amide bonds. The first-order valence-electron chi connectivity index (χ1n) is 4.99. The Kier molecular flexibility index (Phi) is 3.87. The van der Waals surface area contributed by atoms with Gasteiger partial charge in [-0.25, -0.2) is 4.98 Å². The molecule has 0 bridgehead atoms. The van der Waals surface area contributed by atoms with Crippen LogP contribution in [0.1, 0.15) is 5.56 Å². The van der Waals surface area contributed by atoms with E-state index in [1.54, 1.807) is 24.0 Å². The summed E-state index contributed by atoms with van der Waals surface area (Å²) < 4.78 is 1.83. The molecule has 2 rings (SSSR count). The zero-order chi connectivity index (χ0) is 10.3. The lowest BCUT2D eigenvalue weighted by Crippen LogP contribution is -2.22. The van der Waals surface area contributed by atoms with Crippen LogP contribution in [0.2, 0.25) is 0 Å². The Morgan fingerprint density at radius 3 is 3.13 bits per heavy atom. The summed E-state index contributed by atoms with van der Waals surface area (Å²) in [6, 6.07) is 2.17. The van der Waals surface area contributed by atoms with Gasteiger partial charge in [0.15, 0.2) is 0 Å². The Labute approximate surface area is 93.0 Å². The summed E-state index contributed by atoms with van der Waals surface area (Å²) in [6.45, 7) is 2.84. The van der Waals surface area contributed by atoms with Crippen LogP contribution in [0.15, 0.2) is 29.5 Å². The van der Waals surface area contributed by atoms with Crippen molar-refractivity contribution in [3.63, 3.8) is 0 Å². The number of hydrogen-bond acceptors (Lipinski definition) is 4. The van der Waals surface area contributed by atoms with Crippen molar-refractivity contribution in [2.45, 2.75) is 13.0 Å². The van der Waals surface area contributed by atoms with Crippen molar-refractivity contribution in [1.29, 1.82) is 0 Å². The minimum Gasteiger partial charge on any atom is -0.315 e. The molecule has 80 valence electrons. The van der Waals surface area contributed by atoms with Gasteiger partial charge in [-0.2, -0.15) is 16.4 Å². The number of nitrogens with one attached hydrogen (secondary N) is 1. The molecule has 0 radical (unpaired) electrons. The van der Waals surface area contributed by atoms with Crippen LogP contribution in [-0.2, 0) is 13.0 Å². The van der Waals surface area contributed by atoms with Gasteiger partial charge in [-0.3, -0.25) is 4.68 Å². The van der Waals surface area contributed by atoms with E-state index in [0.717, 1.165) is 26.1 Å². The first-order valence-corrected chi connectivity index (χ1v) is 5.93. The minimum absolute atomic E-state index is 0.879. The molecule has 0 fully saturated rings. The van der Waals surface area contributed by atoms with Crippen molar-refractivity contribution >= 4 is 11.3 Å². The molecule has 0 spiro atoms. The van der Waals surface area contributed by atoms with Gasteiger partial charge in [0, 0.05) is 6.54 Å². The molecule has 2 aromatic heterocycles. The largest absolute Gasteiger partial charge is 0.315 e. The van der Waals surface area contributed by atoms with Gasteiger partial charge < -0.3 is 5.32 Å². The Hall–Kier alpha value is -1.20. The van der Waals surface area contributed by atoms with Crippen molar-refractivity contribution in [2.75, 3.05) is 13.1 Å². The topological polar surface area (TPSA) is 42.7 Å². The highest BCUT2D eigenvalue weighted by molar-refractivity contribution is 7.07. The average molecular weight is 222 g/mol. The monoisotopic (exact) mass is 222 g/mol. The lowest BCUT2D eigenvalue weighted by molar-refractivity contribution is 0.555. The van der Waals surface area contributed by atoms with Gasteiger partial charge in [-0.05, 0) is 35.4 Å². The predicted molar refractivity (Wildman–Crippen MR) is 60.9 cm³/mol. The summed E-state index contributed by atoms with van der Waals surface area (Å²) in [4.78, 5) is 3.89. The molecule has 0 saturated heterocycles. The van der Waals surface area contributed by atoms with Crippen molar-refractivity contribution in [1.82, 2.24) is 20.1 Å². The third-order valence-electron chi connectivity index (χ3n) is 2.15. The molecule has 2 heterocycles. The van der Waals surface area contributed by atoms with E-state index in [0.29, 0.717) is 0 Å². The van der Waals surface area contributed by atoms with Gasteiger partial charge >= 0.3 is 0 Å². The molecule has 0 aliphatic carbocycles. The zero-order valence-electron chi connectivity index (χ0n) is 8.47. The quantitative estimate of drug-likeness (QED) is 0.746. The van der Waals surface area contributed by atoms with Crippen LogP contribution in [0.25, 0.3) is 0 Å². The molecule has 0 aliphatic rings. The van der Waals surface area contributed by atoms with E-state index in [2.05, 4.69) is 32.2 Å². The zero-order valence-corrected chi connectivity index (χ0v) is 9.28. The highest BCUT2D eigenvalue weighted by atomic mass is 32.1. The van der Waals surface area contributed by atoms with Gasteiger partial charge in [0.1, 0.15) is 12.7 Å². The lowest BCUT2D eigenvalue weighted by Gasteiger charge is -2.03. The smallest absolute Gasteiger partial charge is 0.137 e. The van der Waals surface area contributed by atoms with E-state index in [-0.39, 0.29) is 0 Å². The van der Waals surface area contributed by atoms with E-state index in [1.165, 1.54) is 5.56 Å². The molecule has 4 nitrogen and oxygen atoms in total. The molecule has 5 heteroatoms. The van der Waals surface area contributed by atoms with Gasteiger partial charge in [-0.1, -0.05) is 0 Å². The molecular formula is C10H14N4S. The molecule has 2 aromatic rings. The number of rotatable bonds is 6. The maximum Gasteiger partial charge on any atom is 0.137 e. The fourth-order valence-electron chi connectivity index (χ4n) is 1.33. The maximum absolute atomic E-state index is 4.03. The summed E-state index contributed by atoms with van der Waals surface area (Å²) in [6.07, 6.45) is 4.40. The van der Waals surface area contributed by atoms with Crippen LogP contribution in [0, 0.1) is 0 Å². The highest BCUT2D eigenvalue weighted by Crippen LogP contribution is 2.05. The molecule has 1 N–H and O–H groups in total. The first-order chi connectivity index (χ1) is 7.45. The second kappa shape index (κ2) is 5.63. The Bertz CT molecular complexity index is 318. The van der Waals surface area contributed by atoms with Crippen LogP contribution in [0.4, 0.5) is 0 Å². The third kappa shape index (κ3) is 3.45. The summed E-state index contributed by atoms with van der Waals surface area (Å²) >= 11 is 1.75. The van der Waals surface area contributed by atoms with Crippen LogP contribution in [-0.4, -0.2) is 27.9 Å². The highest BCUT2D eigenvalue weighted by Gasteiger charge is 1.93. The van der Waals surface area contributed by atoms with Gasteiger partial charge in [-0.15, -0.1) is 0 Å². The first kappa shape index (κ1) is 10.3. The van der Waals surface area contributed by atoms with Gasteiger partial charge in [0.2, 0.25) is 0 Å². The molecule has 0 saturated carbocycles. The normalized spacial score (nSPS) is 10.7. The Balaban J connectivity index is 1.56. The molecule has 0 aliphatic heterocycles. The van der Waals surface area contributed by atoms with Crippen molar-refractivity contribution in [2.24, 2.45) is 0 Å². The number of thiophene rings is 1. The van der Waals surface area contributed by atoms with Gasteiger partial charge in [0.05, 0.1) is 6.54 Å². The number of nitrogens with zero attached hydrogens (tertiary/aromatic N) is 3. The predicted octanol–water partition coefficient (Wildman–Crippen LogP) is 1.17. The summed E-state index contributed by atoms with van der Waals surface area (Å²) in [5.74, 6) is 0. The second-order valence-electron chi connectivity index (χ2n) is 3.29. The lowest BCUT2D eigenvalue weighted by atomic mass is 10.2. The van der Waals surface area contributed by atoms with E-state index >= 15 is 0 Å². The van der Waals surface area contributed by atoms with E-state index < -0.39 is 0 Å². The fraction of sp³-hybridized carbons (Fsp3) is 0.400. The van der Waals surface area contributed by atoms with Crippen LogP contribution in [0.3, 0.4) is 0 Å². The van der Waals surface area contributed by atoms with Crippen molar-refractivity contribution in [3.05, 3.63) is 35.0 Å². The SMILES string of the molecule is c1ncn(CCNCCc2ccsc2)n1. The maximum atomic E-state index is 4.03. The summed E-state index contributed by atoms with van der Waals surface area (Å²) in [5.41, 5.74) is 1.41. The van der Waals surface area contributed by atoms with Crippen LogP contribution >= 0.6 is 11.3 Å². The molecule has 0 atom stereocenters. The second-order valence-corrected chi connectivity index (χ2v) is 4.07. The Morgan fingerprint density at radius 1 is 1.40 bits per heavy atom. The third-order valence-corrected chi connectivity index (χ3v) is 2.89. The van der Waals surface area contributed by atoms with E-state index in [1.807, 2.05) is 4.68 Å². The molecular weight excluding hydrogens is 208 g/mol. The molecule has 15 heavy (non-hydrogen) atoms. The average Bonchev–Trinajstić information content (AvgIpc) is 2.88. The van der Waals surface area contributed by atoms with Crippen molar-refractivity contribution in [3.8, 4) is 0 Å². The fourth-order valence-corrected chi connectivity index (χ4v) is 2.04. The minimum atomic E-state index is 0.879. The van der Waals surface area contributed by atoms with Gasteiger partial charge in [0.25, 0.3) is 0 Å². The van der Waals surface area contributed by atoms with Crippen molar-refractivity contribution < 1.29 is 0 Å². The molecule has 0 unspecified atom stereocenters. The van der Waals surface area contributed by atoms with E-state index in [9.17, 15) is 0 Å². The Morgan fingerprint density at radius 2 is 2.40 bits per heavy atom. The van der Waals surface area contributed by atoms with Crippen LogP contribution < -0.4 is 5.32 Å². The number of hydrogen-bond donors (Lipinski definition) is 1. The number of aromatic nitrogens is 3. The molecule has 0 aromatic carbocycles. The van der Waals surface area contributed by atoms with E-state index in [4.69, 9.17) is 0 Å². The summed E-state index contributed by atoms with van der Waals surface area (Å²) in [5, 5.41) is 11.7.